The first-order valence-corrected chi connectivity index (χ1v) is 6.75. The molecule has 19 heavy (non-hydrogen) atoms. The number of rotatable bonds is 5. The van der Waals surface area contributed by atoms with Crippen LogP contribution in [0.2, 0.25) is 0 Å². The Hall–Kier alpha value is -1.59. The van der Waals surface area contributed by atoms with E-state index < -0.39 is 0 Å². The smallest absolute Gasteiger partial charge is 0.272 e. The van der Waals surface area contributed by atoms with Gasteiger partial charge >= 0.3 is 0 Å². The van der Waals surface area contributed by atoms with Crippen molar-refractivity contribution in [2.75, 3.05) is 39.8 Å². The highest BCUT2D eigenvalue weighted by atomic mass is 16.5. The number of amides is 1. The summed E-state index contributed by atoms with van der Waals surface area (Å²) in [7, 11) is 1.69. The molecule has 1 aliphatic rings. The Labute approximate surface area is 113 Å². The number of benzene rings is 1. The zero-order chi connectivity index (χ0) is 13.7. The molecule has 0 radical (unpaired) electrons. The molecule has 1 saturated heterocycles. The lowest BCUT2D eigenvalue weighted by Gasteiger charge is -2.29. The minimum absolute atomic E-state index is 0.203. The fraction of sp³-hybridized carbons (Fsp3) is 0.500. The number of carbonyl (C=O) groups is 1. The van der Waals surface area contributed by atoms with E-state index in [1.807, 2.05) is 12.1 Å². The summed E-state index contributed by atoms with van der Waals surface area (Å²) in [5, 5.41) is 0. The molecule has 0 aromatic heterocycles. The lowest BCUT2D eigenvalue weighted by molar-refractivity contribution is -1.02. The third-order valence-electron chi connectivity index (χ3n) is 3.68. The fourth-order valence-electron chi connectivity index (χ4n) is 2.63. The van der Waals surface area contributed by atoms with Gasteiger partial charge in [0.2, 0.25) is 0 Å². The Balaban J connectivity index is 1.83. The van der Waals surface area contributed by atoms with Gasteiger partial charge in [-0.05, 0) is 12.1 Å². The van der Waals surface area contributed by atoms with Gasteiger partial charge in [0.15, 0.2) is 6.54 Å². The molecule has 1 amide bonds. The largest absolute Gasteiger partial charge is 0.497 e. The molecular weight excluding hydrogens is 242 g/mol. The second-order valence-electron chi connectivity index (χ2n) is 5.17. The van der Waals surface area contributed by atoms with Crippen molar-refractivity contribution in [2.24, 2.45) is 5.73 Å². The Morgan fingerprint density at radius 3 is 2.58 bits per heavy atom. The number of quaternary nitrogens is 2. The molecule has 1 heterocycles. The zero-order valence-electron chi connectivity index (χ0n) is 11.4. The lowest BCUT2D eigenvalue weighted by atomic mass is 10.2. The Bertz CT molecular complexity index is 428. The average molecular weight is 265 g/mol. The number of methoxy groups -OCH3 is 1. The molecule has 1 aliphatic heterocycles. The number of nitrogens with one attached hydrogen (secondary N) is 2. The van der Waals surface area contributed by atoms with Crippen LogP contribution in [0, 0.1) is 0 Å². The SMILES string of the molecule is COc1cccc(C[NH+]2CC[NH+](CC(N)=O)CC2)c1. The summed E-state index contributed by atoms with van der Waals surface area (Å²) in [6.07, 6.45) is 0. The predicted molar refractivity (Wildman–Crippen MR) is 72.2 cm³/mol. The van der Waals surface area contributed by atoms with E-state index in [1.54, 1.807) is 12.0 Å². The molecule has 4 N–H and O–H groups in total. The van der Waals surface area contributed by atoms with E-state index in [0.29, 0.717) is 6.54 Å². The standard InChI is InChI=1S/C14H21N3O2/c1-19-13-4-2-3-12(9-13)10-16-5-7-17(8-6-16)11-14(15)18/h2-4,9H,5-8,10-11H2,1H3,(H2,15,18)/p+2. The second kappa shape index (κ2) is 6.54. The van der Waals surface area contributed by atoms with E-state index >= 15 is 0 Å². The first-order valence-electron chi connectivity index (χ1n) is 6.75. The molecule has 1 aromatic rings. The average Bonchev–Trinajstić information content (AvgIpc) is 2.41. The maximum absolute atomic E-state index is 10.9. The van der Waals surface area contributed by atoms with E-state index in [0.717, 1.165) is 38.5 Å². The molecule has 0 spiro atoms. The van der Waals surface area contributed by atoms with Gasteiger partial charge in [0.1, 0.15) is 38.5 Å². The van der Waals surface area contributed by atoms with Gasteiger partial charge in [0.05, 0.1) is 7.11 Å². The van der Waals surface area contributed by atoms with Crippen molar-refractivity contribution >= 4 is 5.91 Å². The van der Waals surface area contributed by atoms with Crippen LogP contribution in [0.5, 0.6) is 5.75 Å². The third-order valence-corrected chi connectivity index (χ3v) is 3.68. The molecule has 5 heteroatoms. The lowest BCUT2D eigenvalue weighted by Crippen LogP contribution is -3.28. The first-order chi connectivity index (χ1) is 9.17. The van der Waals surface area contributed by atoms with Crippen molar-refractivity contribution < 1.29 is 19.3 Å². The maximum atomic E-state index is 10.9. The Morgan fingerprint density at radius 2 is 1.95 bits per heavy atom. The van der Waals surface area contributed by atoms with Crippen LogP contribution in [0.25, 0.3) is 0 Å². The van der Waals surface area contributed by atoms with Crippen LogP contribution in [0.3, 0.4) is 0 Å². The van der Waals surface area contributed by atoms with E-state index in [9.17, 15) is 4.79 Å². The van der Waals surface area contributed by atoms with Crippen LogP contribution in [0.1, 0.15) is 5.56 Å². The van der Waals surface area contributed by atoms with Crippen LogP contribution in [-0.2, 0) is 11.3 Å². The molecular formula is C14H23N3O2+2. The summed E-state index contributed by atoms with van der Waals surface area (Å²) in [6, 6.07) is 8.23. The molecule has 0 atom stereocenters. The minimum Gasteiger partial charge on any atom is -0.497 e. The number of hydrogen-bond donors (Lipinski definition) is 3. The van der Waals surface area contributed by atoms with Crippen molar-refractivity contribution in [1.82, 2.24) is 0 Å². The van der Waals surface area contributed by atoms with Gasteiger partial charge < -0.3 is 20.3 Å². The summed E-state index contributed by atoms with van der Waals surface area (Å²) < 4.78 is 5.24. The highest BCUT2D eigenvalue weighted by Crippen LogP contribution is 2.11. The Kier molecular flexibility index (Phi) is 4.76. The predicted octanol–water partition coefficient (Wildman–Crippen LogP) is -2.54. The summed E-state index contributed by atoms with van der Waals surface area (Å²) in [5.41, 5.74) is 6.53. The Morgan fingerprint density at radius 1 is 1.26 bits per heavy atom. The summed E-state index contributed by atoms with van der Waals surface area (Å²) in [5.74, 6) is 0.709. The monoisotopic (exact) mass is 265 g/mol. The van der Waals surface area contributed by atoms with E-state index in [2.05, 4.69) is 12.1 Å². The molecule has 5 nitrogen and oxygen atoms in total. The maximum Gasteiger partial charge on any atom is 0.272 e. The molecule has 0 saturated carbocycles. The van der Waals surface area contributed by atoms with Gasteiger partial charge in [-0.15, -0.1) is 0 Å². The zero-order valence-corrected chi connectivity index (χ0v) is 11.4. The number of piperazine rings is 1. The van der Waals surface area contributed by atoms with Crippen LogP contribution >= 0.6 is 0 Å². The molecule has 104 valence electrons. The topological polar surface area (TPSA) is 61.2 Å². The molecule has 1 aromatic carbocycles. The van der Waals surface area contributed by atoms with Gasteiger partial charge in [-0.2, -0.15) is 0 Å². The van der Waals surface area contributed by atoms with Gasteiger partial charge in [0.25, 0.3) is 5.91 Å². The van der Waals surface area contributed by atoms with Gasteiger partial charge in [-0.1, -0.05) is 12.1 Å². The van der Waals surface area contributed by atoms with Gasteiger partial charge in [-0.25, -0.2) is 0 Å². The van der Waals surface area contributed by atoms with Crippen LogP contribution in [-0.4, -0.2) is 45.7 Å². The summed E-state index contributed by atoms with van der Waals surface area (Å²) >= 11 is 0. The van der Waals surface area contributed by atoms with Gasteiger partial charge in [-0.3, -0.25) is 4.79 Å². The number of hydrogen-bond acceptors (Lipinski definition) is 2. The third kappa shape index (κ3) is 4.22. The molecule has 0 unspecified atom stereocenters. The highest BCUT2D eigenvalue weighted by molar-refractivity contribution is 5.74. The molecule has 0 bridgehead atoms. The normalized spacial score (nSPS) is 23.0. The minimum atomic E-state index is -0.203. The van der Waals surface area contributed by atoms with Crippen LogP contribution in [0.4, 0.5) is 0 Å². The van der Waals surface area contributed by atoms with Crippen molar-refractivity contribution in [3.05, 3.63) is 29.8 Å². The highest BCUT2D eigenvalue weighted by Gasteiger charge is 2.23. The van der Waals surface area contributed by atoms with Crippen molar-refractivity contribution in [3.63, 3.8) is 0 Å². The summed E-state index contributed by atoms with van der Waals surface area (Å²) in [6.45, 7) is 5.68. The number of nitrogens with two attached hydrogens (primary N) is 1. The summed E-state index contributed by atoms with van der Waals surface area (Å²) in [4.78, 5) is 13.8. The molecule has 1 fully saturated rings. The fourth-order valence-corrected chi connectivity index (χ4v) is 2.63. The second-order valence-corrected chi connectivity index (χ2v) is 5.17. The molecule has 0 aliphatic carbocycles. The number of primary amides is 1. The van der Waals surface area contributed by atoms with Crippen molar-refractivity contribution in [2.45, 2.75) is 6.54 Å². The quantitative estimate of drug-likeness (QED) is 0.549. The van der Waals surface area contributed by atoms with Crippen LogP contribution < -0.4 is 20.3 Å². The molecule has 2 rings (SSSR count). The first kappa shape index (κ1) is 13.8. The van der Waals surface area contributed by atoms with E-state index in [-0.39, 0.29) is 5.91 Å². The number of ether oxygens (including phenoxy) is 1. The van der Waals surface area contributed by atoms with E-state index in [1.165, 1.54) is 10.5 Å². The van der Waals surface area contributed by atoms with Crippen molar-refractivity contribution in [1.29, 1.82) is 0 Å². The van der Waals surface area contributed by atoms with E-state index in [4.69, 9.17) is 10.5 Å². The van der Waals surface area contributed by atoms with Gasteiger partial charge in [0, 0.05) is 5.56 Å². The van der Waals surface area contributed by atoms with Crippen LogP contribution in [0.15, 0.2) is 24.3 Å². The van der Waals surface area contributed by atoms with Crippen molar-refractivity contribution in [3.8, 4) is 5.75 Å². The number of carbonyl (C=O) groups excluding carboxylic acids is 1.